The van der Waals surface area contributed by atoms with Crippen LogP contribution in [0.5, 0.6) is 0 Å². The van der Waals surface area contributed by atoms with Gasteiger partial charge in [-0.25, -0.2) is 0 Å². The van der Waals surface area contributed by atoms with Crippen LogP contribution in [-0.4, -0.2) is 28.3 Å². The van der Waals surface area contributed by atoms with Gasteiger partial charge in [-0.1, -0.05) is 66.0 Å². The summed E-state index contributed by atoms with van der Waals surface area (Å²) in [5.74, 6) is 0. The first-order chi connectivity index (χ1) is 19.4. The number of nitrogens with zero attached hydrogens (tertiary/aromatic N) is 2. The van der Waals surface area contributed by atoms with E-state index in [9.17, 15) is 0 Å². The van der Waals surface area contributed by atoms with Gasteiger partial charge in [0.1, 0.15) is 0 Å². The molecule has 214 valence electrons. The Morgan fingerprint density at radius 3 is 1.32 bits per heavy atom. The zero-order valence-corrected chi connectivity index (χ0v) is 31.7. The molecular formula is C34H43Br3N2Sn. The molecule has 0 aliphatic heterocycles. The van der Waals surface area contributed by atoms with Crippen LogP contribution >= 0.6 is 47.8 Å². The van der Waals surface area contributed by atoms with Crippen LogP contribution in [0, 0.1) is 0 Å². The van der Waals surface area contributed by atoms with E-state index in [0.717, 1.165) is 24.7 Å². The van der Waals surface area contributed by atoms with Crippen molar-refractivity contribution in [1.82, 2.24) is 9.97 Å². The van der Waals surface area contributed by atoms with Gasteiger partial charge < -0.3 is 0 Å². The van der Waals surface area contributed by atoms with Crippen LogP contribution in [-0.2, 0) is 0 Å². The van der Waals surface area contributed by atoms with E-state index in [1.54, 1.807) is 9.91 Å². The number of halogens is 3. The van der Waals surface area contributed by atoms with E-state index in [4.69, 9.17) is 4.98 Å². The number of hydrogen-bond donors (Lipinski definition) is 0. The fourth-order valence-electron chi connectivity index (χ4n) is 4.56. The molecule has 0 fully saturated rings. The number of benzene rings is 2. The first kappa shape index (κ1) is 35.2. The summed E-state index contributed by atoms with van der Waals surface area (Å²) in [7, 11) is 0. The summed E-state index contributed by atoms with van der Waals surface area (Å²) in [4.78, 5) is 9.07. The van der Waals surface area contributed by atoms with E-state index in [1.807, 2.05) is 72.9 Å². The molecule has 2 aromatic heterocycles. The Hall–Kier alpha value is -1.02. The SMILES string of the molecule is Brc1ccc(-c2ccccn2)cc1.Brc1ccc(Br)cc1.CCC[CH2][Sn]([CH2]CCC)([CH2]CCC)[c]1ccccn1. The normalized spacial score (nSPS) is 10.7. The van der Waals surface area contributed by atoms with E-state index >= 15 is 0 Å². The van der Waals surface area contributed by atoms with Crippen LogP contribution in [0.15, 0.2) is 111 Å². The van der Waals surface area contributed by atoms with Gasteiger partial charge in [0.15, 0.2) is 0 Å². The molecule has 0 atom stereocenters. The van der Waals surface area contributed by atoms with E-state index in [0.29, 0.717) is 0 Å². The molecule has 40 heavy (non-hydrogen) atoms. The molecule has 0 saturated heterocycles. The standard InChI is InChI=1S/C11H8BrN.C6H4Br2.C5H4N.3C4H9.Sn/c12-10-6-4-9(5-7-10)11-3-1-2-8-13-11;7-5-1-2-6(8)4-3-5;1-2-4-6-5-3-1;3*1-3-4-2;/h1-8H;1-4H;1-4H;3*1,3-4H2,2H3;. The van der Waals surface area contributed by atoms with Crippen molar-refractivity contribution in [2.75, 3.05) is 0 Å². The van der Waals surface area contributed by atoms with Crippen molar-refractivity contribution in [2.24, 2.45) is 0 Å². The van der Waals surface area contributed by atoms with Crippen LogP contribution in [0.3, 0.4) is 0 Å². The second-order valence-corrected chi connectivity index (χ2v) is 25.8. The third kappa shape index (κ3) is 13.3. The molecule has 0 spiro atoms. The summed E-state index contributed by atoms with van der Waals surface area (Å²) in [6.45, 7) is 6.98. The number of unbranched alkanes of at least 4 members (excludes halogenated alkanes) is 3. The molecule has 2 aromatic carbocycles. The van der Waals surface area contributed by atoms with Gasteiger partial charge in [-0.2, -0.15) is 0 Å². The molecule has 2 heterocycles. The molecule has 0 unspecified atom stereocenters. The molecule has 4 rings (SSSR count). The van der Waals surface area contributed by atoms with Gasteiger partial charge in [-0.3, -0.25) is 4.98 Å². The fraction of sp³-hybridized carbons (Fsp3) is 0.353. The van der Waals surface area contributed by atoms with Gasteiger partial charge in [-0.15, -0.1) is 0 Å². The Labute approximate surface area is 272 Å². The second kappa shape index (κ2) is 20.8. The van der Waals surface area contributed by atoms with E-state index < -0.39 is 18.4 Å². The van der Waals surface area contributed by atoms with Crippen LogP contribution in [0.25, 0.3) is 11.3 Å². The minimum absolute atomic E-state index is 1.01. The van der Waals surface area contributed by atoms with Gasteiger partial charge in [0.05, 0.1) is 5.69 Å². The van der Waals surface area contributed by atoms with E-state index in [1.165, 1.54) is 51.8 Å². The monoisotopic (exact) mass is 836 g/mol. The Bertz CT molecular complexity index is 1130. The summed E-state index contributed by atoms with van der Waals surface area (Å²) in [6.07, 6.45) is 12.1. The molecule has 0 bridgehead atoms. The first-order valence-electron chi connectivity index (χ1n) is 14.4. The van der Waals surface area contributed by atoms with Crippen molar-refractivity contribution < 1.29 is 0 Å². The molecule has 4 aromatic rings. The summed E-state index contributed by atoms with van der Waals surface area (Å²) >= 11 is 7.84. The van der Waals surface area contributed by atoms with Crippen molar-refractivity contribution in [3.63, 3.8) is 0 Å². The predicted octanol–water partition coefficient (Wildman–Crippen LogP) is 11.9. The van der Waals surface area contributed by atoms with Gasteiger partial charge >= 0.3 is 124 Å². The molecule has 2 nitrogen and oxygen atoms in total. The Morgan fingerprint density at radius 2 is 0.950 bits per heavy atom. The predicted molar refractivity (Wildman–Crippen MR) is 188 cm³/mol. The molecule has 0 saturated carbocycles. The third-order valence-corrected chi connectivity index (χ3v) is 23.6. The maximum atomic E-state index is 4.80. The van der Waals surface area contributed by atoms with Crippen molar-refractivity contribution in [2.45, 2.75) is 72.6 Å². The number of pyridine rings is 2. The zero-order chi connectivity index (χ0) is 29.1. The molecule has 0 N–H and O–H groups in total. The van der Waals surface area contributed by atoms with Crippen LogP contribution < -0.4 is 3.71 Å². The quantitative estimate of drug-likeness (QED) is 0.141. The van der Waals surface area contributed by atoms with Gasteiger partial charge in [0.25, 0.3) is 0 Å². The average molecular weight is 838 g/mol. The van der Waals surface area contributed by atoms with Crippen LogP contribution in [0.4, 0.5) is 0 Å². The van der Waals surface area contributed by atoms with Crippen molar-refractivity contribution >= 4 is 69.9 Å². The Kier molecular flexibility index (Phi) is 18.3. The van der Waals surface area contributed by atoms with Gasteiger partial charge in [0, 0.05) is 25.2 Å². The fourth-order valence-corrected chi connectivity index (χ4v) is 20.8. The van der Waals surface area contributed by atoms with E-state index in [2.05, 4.69) is 91.7 Å². The van der Waals surface area contributed by atoms with E-state index in [-0.39, 0.29) is 0 Å². The topological polar surface area (TPSA) is 25.8 Å². The number of rotatable bonds is 11. The molecule has 6 heteroatoms. The minimum atomic E-state index is -2.21. The molecule has 0 aliphatic carbocycles. The Morgan fingerprint density at radius 1 is 0.525 bits per heavy atom. The van der Waals surface area contributed by atoms with Gasteiger partial charge in [-0.05, 0) is 48.5 Å². The molecular weight excluding hydrogens is 795 g/mol. The summed E-state index contributed by atoms with van der Waals surface area (Å²) < 4.78 is 9.41. The maximum absolute atomic E-state index is 4.80. The summed E-state index contributed by atoms with van der Waals surface area (Å²) in [5.41, 5.74) is 2.15. The molecule has 0 radical (unpaired) electrons. The Balaban J connectivity index is 0.000000229. The average Bonchev–Trinajstić information content (AvgIpc) is 3.00. The second-order valence-electron chi connectivity index (χ2n) is 9.96. The van der Waals surface area contributed by atoms with Crippen LogP contribution in [0.2, 0.25) is 13.3 Å². The van der Waals surface area contributed by atoms with Gasteiger partial charge in [0.2, 0.25) is 0 Å². The van der Waals surface area contributed by atoms with Crippen LogP contribution in [0.1, 0.15) is 59.3 Å². The van der Waals surface area contributed by atoms with Crippen molar-refractivity contribution in [1.29, 1.82) is 0 Å². The number of hydrogen-bond acceptors (Lipinski definition) is 2. The zero-order valence-electron chi connectivity index (χ0n) is 24.1. The third-order valence-electron chi connectivity index (χ3n) is 6.84. The number of aromatic nitrogens is 2. The van der Waals surface area contributed by atoms with Crippen molar-refractivity contribution in [3.05, 3.63) is 111 Å². The molecule has 0 amide bonds. The summed E-state index contributed by atoms with van der Waals surface area (Å²) in [5, 5.41) is 0. The van der Waals surface area contributed by atoms with Crippen molar-refractivity contribution in [3.8, 4) is 11.3 Å². The first-order valence-corrected chi connectivity index (χ1v) is 24.3. The molecule has 0 aliphatic rings. The summed E-state index contributed by atoms with van der Waals surface area (Å²) in [6, 6.07) is 28.6.